The van der Waals surface area contributed by atoms with Gasteiger partial charge in [0.15, 0.2) is 0 Å². The number of carbonyl (C=O) groups is 1. The summed E-state index contributed by atoms with van der Waals surface area (Å²) in [4.78, 5) is 16.7. The van der Waals surface area contributed by atoms with Crippen LogP contribution in [0, 0.1) is 0 Å². The quantitative estimate of drug-likeness (QED) is 0.765. The van der Waals surface area contributed by atoms with Crippen molar-refractivity contribution in [1.82, 2.24) is 9.55 Å². The first-order valence-electron chi connectivity index (χ1n) is 6.64. The number of amides is 1. The number of aryl methyl sites for hydroxylation is 1. The number of hydrogen-bond acceptors (Lipinski definition) is 4. The van der Waals surface area contributed by atoms with Crippen LogP contribution in [0.3, 0.4) is 0 Å². The highest BCUT2D eigenvalue weighted by Crippen LogP contribution is 2.23. The van der Waals surface area contributed by atoms with Crippen LogP contribution in [-0.4, -0.2) is 21.0 Å². The number of hydrogen-bond donors (Lipinski definition) is 2. The van der Waals surface area contributed by atoms with Crippen molar-refractivity contribution in [2.24, 2.45) is 11.5 Å². The van der Waals surface area contributed by atoms with Crippen molar-refractivity contribution < 1.29 is 4.79 Å². The number of rotatable bonds is 7. The maximum Gasteiger partial charge on any atom is 0.237 e. The maximum absolute atomic E-state index is 11.1. The highest BCUT2D eigenvalue weighted by atomic mass is 32.1. The van der Waals surface area contributed by atoms with Crippen LogP contribution in [0.2, 0.25) is 0 Å². The van der Waals surface area contributed by atoms with Gasteiger partial charge in [0, 0.05) is 18.9 Å². The molecule has 0 bridgehead atoms. The van der Waals surface area contributed by atoms with Gasteiger partial charge in [-0.15, -0.1) is 11.3 Å². The summed E-state index contributed by atoms with van der Waals surface area (Å²) in [6.45, 7) is 2.55. The van der Waals surface area contributed by atoms with Gasteiger partial charge in [0.2, 0.25) is 5.91 Å². The fraction of sp³-hybridized carbons (Fsp3) is 0.429. The second-order valence-corrected chi connectivity index (χ2v) is 6.11. The lowest BCUT2D eigenvalue weighted by atomic mass is 9.95. The molecule has 0 spiro atoms. The summed E-state index contributed by atoms with van der Waals surface area (Å²) in [6.07, 6.45) is 6.19. The zero-order valence-electron chi connectivity index (χ0n) is 11.6. The van der Waals surface area contributed by atoms with Crippen LogP contribution in [0.1, 0.15) is 26.2 Å². The van der Waals surface area contributed by atoms with Crippen LogP contribution < -0.4 is 11.5 Å². The Bertz CT molecular complexity index is 560. The van der Waals surface area contributed by atoms with Crippen molar-refractivity contribution in [1.29, 1.82) is 0 Å². The largest absolute Gasteiger partial charge is 0.368 e. The molecule has 0 aliphatic heterocycles. The van der Waals surface area contributed by atoms with Crippen LogP contribution in [0.5, 0.6) is 0 Å². The smallest absolute Gasteiger partial charge is 0.237 e. The fourth-order valence-electron chi connectivity index (χ4n) is 2.02. The van der Waals surface area contributed by atoms with Crippen molar-refractivity contribution in [2.45, 2.75) is 38.3 Å². The van der Waals surface area contributed by atoms with Gasteiger partial charge in [0.1, 0.15) is 5.82 Å². The SMILES string of the molecule is CC(N)(CCCCn1ccnc1-c1cccs1)C(N)=O. The summed E-state index contributed by atoms with van der Waals surface area (Å²) < 4.78 is 2.13. The monoisotopic (exact) mass is 292 g/mol. The number of thiophene rings is 1. The fourth-order valence-corrected chi connectivity index (χ4v) is 2.75. The molecule has 2 rings (SSSR count). The average Bonchev–Trinajstić information content (AvgIpc) is 3.04. The van der Waals surface area contributed by atoms with Crippen molar-refractivity contribution >= 4 is 17.2 Å². The predicted molar refractivity (Wildman–Crippen MR) is 81.2 cm³/mol. The van der Waals surface area contributed by atoms with Gasteiger partial charge in [0.05, 0.1) is 10.4 Å². The molecule has 108 valence electrons. The Morgan fingerprint density at radius 1 is 1.50 bits per heavy atom. The zero-order valence-corrected chi connectivity index (χ0v) is 12.4. The third-order valence-corrected chi connectivity index (χ3v) is 4.23. The van der Waals surface area contributed by atoms with E-state index >= 15 is 0 Å². The Hall–Kier alpha value is -1.66. The molecule has 20 heavy (non-hydrogen) atoms. The van der Waals surface area contributed by atoms with E-state index in [1.54, 1.807) is 18.3 Å². The minimum Gasteiger partial charge on any atom is -0.368 e. The molecule has 0 fully saturated rings. The molecule has 2 aromatic rings. The van der Waals surface area contributed by atoms with Gasteiger partial charge in [0.25, 0.3) is 0 Å². The number of nitrogens with zero attached hydrogens (tertiary/aromatic N) is 2. The Morgan fingerprint density at radius 2 is 2.30 bits per heavy atom. The Kier molecular flexibility index (Phi) is 4.57. The molecule has 1 atom stereocenters. The van der Waals surface area contributed by atoms with E-state index in [1.165, 1.54) is 0 Å². The normalized spacial score (nSPS) is 14.1. The minimum absolute atomic E-state index is 0.445. The van der Waals surface area contributed by atoms with Gasteiger partial charge in [-0.25, -0.2) is 4.98 Å². The van der Waals surface area contributed by atoms with Crippen LogP contribution >= 0.6 is 11.3 Å². The highest BCUT2D eigenvalue weighted by molar-refractivity contribution is 7.13. The molecular formula is C14H20N4OS. The third kappa shape index (κ3) is 3.46. The molecule has 1 amide bonds. The van der Waals surface area contributed by atoms with Gasteiger partial charge in [-0.05, 0) is 37.6 Å². The lowest BCUT2D eigenvalue weighted by molar-refractivity contribution is -0.122. The van der Waals surface area contributed by atoms with Crippen LogP contribution in [0.25, 0.3) is 10.7 Å². The van der Waals surface area contributed by atoms with E-state index in [9.17, 15) is 4.79 Å². The standard InChI is InChI=1S/C14H20N4OS/c1-14(16,13(15)19)6-2-3-8-18-9-7-17-12(18)11-5-4-10-20-11/h4-5,7,9-10H,2-3,6,8,16H2,1H3,(H2,15,19). The average molecular weight is 292 g/mol. The number of nitrogens with two attached hydrogens (primary N) is 2. The molecule has 0 saturated carbocycles. The van der Waals surface area contributed by atoms with E-state index in [2.05, 4.69) is 15.6 Å². The molecule has 5 nitrogen and oxygen atoms in total. The third-order valence-electron chi connectivity index (χ3n) is 3.37. The number of aromatic nitrogens is 2. The highest BCUT2D eigenvalue weighted by Gasteiger charge is 2.24. The van der Waals surface area contributed by atoms with Gasteiger partial charge in [-0.1, -0.05) is 6.07 Å². The summed E-state index contributed by atoms with van der Waals surface area (Å²) in [6, 6.07) is 4.08. The molecule has 0 aromatic carbocycles. The molecule has 0 aliphatic rings. The lowest BCUT2D eigenvalue weighted by Gasteiger charge is -2.20. The van der Waals surface area contributed by atoms with Crippen molar-refractivity contribution in [3.63, 3.8) is 0 Å². The Morgan fingerprint density at radius 3 is 2.95 bits per heavy atom. The van der Waals surface area contributed by atoms with E-state index in [-0.39, 0.29) is 0 Å². The Labute approximate surface area is 122 Å². The first-order chi connectivity index (χ1) is 9.50. The van der Waals surface area contributed by atoms with Crippen molar-refractivity contribution in [2.75, 3.05) is 0 Å². The molecule has 0 aliphatic carbocycles. The van der Waals surface area contributed by atoms with Crippen LogP contribution in [0.4, 0.5) is 0 Å². The van der Waals surface area contributed by atoms with Gasteiger partial charge in [-0.2, -0.15) is 0 Å². The summed E-state index contributed by atoms with van der Waals surface area (Å²) in [7, 11) is 0. The topological polar surface area (TPSA) is 86.9 Å². The van der Waals surface area contributed by atoms with Crippen LogP contribution in [-0.2, 0) is 11.3 Å². The summed E-state index contributed by atoms with van der Waals surface area (Å²) in [5.74, 6) is 0.546. The molecule has 0 radical (unpaired) electrons. The van der Waals surface area contributed by atoms with Crippen molar-refractivity contribution in [3.8, 4) is 10.7 Å². The lowest BCUT2D eigenvalue weighted by Crippen LogP contribution is -2.49. The maximum atomic E-state index is 11.1. The summed E-state index contributed by atoms with van der Waals surface area (Å²) in [5, 5.41) is 2.04. The van der Waals surface area contributed by atoms with Gasteiger partial charge < -0.3 is 16.0 Å². The Balaban J connectivity index is 1.87. The number of imidazole rings is 1. The number of unbranched alkanes of at least 4 members (excludes halogenated alkanes) is 1. The second kappa shape index (κ2) is 6.19. The second-order valence-electron chi connectivity index (χ2n) is 5.16. The number of carbonyl (C=O) groups excluding carboxylic acids is 1. The molecular weight excluding hydrogens is 272 g/mol. The molecule has 0 saturated heterocycles. The van der Waals surface area contributed by atoms with Crippen LogP contribution in [0.15, 0.2) is 29.9 Å². The van der Waals surface area contributed by atoms with Crippen molar-refractivity contribution in [3.05, 3.63) is 29.9 Å². The first kappa shape index (κ1) is 14.7. The van der Waals surface area contributed by atoms with Gasteiger partial charge >= 0.3 is 0 Å². The molecule has 2 heterocycles. The molecule has 1 unspecified atom stereocenters. The predicted octanol–water partition coefficient (Wildman–Crippen LogP) is 1.98. The summed E-state index contributed by atoms with van der Waals surface area (Å²) in [5.41, 5.74) is 10.2. The first-order valence-corrected chi connectivity index (χ1v) is 7.52. The van der Waals surface area contributed by atoms with E-state index in [4.69, 9.17) is 11.5 Å². The van der Waals surface area contributed by atoms with Gasteiger partial charge in [-0.3, -0.25) is 4.79 Å². The molecule has 2 aromatic heterocycles. The van der Waals surface area contributed by atoms with E-state index < -0.39 is 11.4 Å². The number of primary amides is 1. The molecule has 6 heteroatoms. The van der Waals surface area contributed by atoms with E-state index in [0.717, 1.165) is 30.1 Å². The minimum atomic E-state index is -0.911. The molecule has 4 N–H and O–H groups in total. The van der Waals surface area contributed by atoms with E-state index in [0.29, 0.717) is 6.42 Å². The van der Waals surface area contributed by atoms with E-state index in [1.807, 2.05) is 23.8 Å². The zero-order chi connectivity index (χ0) is 14.6. The summed E-state index contributed by atoms with van der Waals surface area (Å²) >= 11 is 1.68.